The Morgan fingerprint density at radius 3 is 2.56 bits per heavy atom. The van der Waals surface area contributed by atoms with Gasteiger partial charge in [0.15, 0.2) is 0 Å². The van der Waals surface area contributed by atoms with Crippen LogP contribution in [-0.2, 0) is 16.0 Å². The summed E-state index contributed by atoms with van der Waals surface area (Å²) < 4.78 is 5.28. The summed E-state index contributed by atoms with van der Waals surface area (Å²) in [7, 11) is 1.52. The maximum Gasteiger partial charge on any atom is 0.325 e. The molecule has 0 aromatic heterocycles. The van der Waals surface area contributed by atoms with E-state index in [4.69, 9.17) is 4.74 Å². The second-order valence-corrected chi connectivity index (χ2v) is 6.82. The summed E-state index contributed by atoms with van der Waals surface area (Å²) in [5.74, 6) is -0.696. The Labute approximate surface area is 157 Å². The average Bonchev–Trinajstić information content (AvgIpc) is 2.77. The van der Waals surface area contributed by atoms with E-state index in [1.807, 2.05) is 0 Å². The topological polar surface area (TPSA) is 117 Å². The number of hydrogen-bond acceptors (Lipinski definition) is 5. The zero-order chi connectivity index (χ0) is 20.2. The third-order valence-electron chi connectivity index (χ3n) is 4.06. The molecule has 146 valence electrons. The number of amides is 6. The van der Waals surface area contributed by atoms with Crippen molar-refractivity contribution in [1.29, 1.82) is 0 Å². The Kier molecular flexibility index (Phi) is 6.04. The second-order valence-electron chi connectivity index (χ2n) is 6.82. The molecule has 1 saturated heterocycles. The van der Waals surface area contributed by atoms with Crippen LogP contribution in [0.25, 0.3) is 0 Å². The molecule has 1 aliphatic heterocycles. The number of carbonyl (C=O) groups is 4. The van der Waals surface area contributed by atoms with Gasteiger partial charge in [-0.3, -0.25) is 19.8 Å². The lowest BCUT2D eigenvalue weighted by molar-refractivity contribution is -0.134. The molecule has 0 spiro atoms. The number of rotatable bonds is 6. The third kappa shape index (κ3) is 4.75. The SMILES string of the molecule is COc1ccccc1C[C@]1(C)NC(=O)N(CC(=O)NC(=O)NC(C)C)C1=O. The van der Waals surface area contributed by atoms with Crippen molar-refractivity contribution in [3.05, 3.63) is 29.8 Å². The second kappa shape index (κ2) is 8.07. The molecule has 27 heavy (non-hydrogen) atoms. The van der Waals surface area contributed by atoms with Crippen molar-refractivity contribution in [1.82, 2.24) is 20.9 Å². The van der Waals surface area contributed by atoms with Gasteiger partial charge in [-0.25, -0.2) is 9.59 Å². The lowest BCUT2D eigenvalue weighted by Crippen LogP contribution is -2.49. The normalized spacial score (nSPS) is 19.1. The predicted molar refractivity (Wildman–Crippen MR) is 97.2 cm³/mol. The van der Waals surface area contributed by atoms with Gasteiger partial charge in [0.25, 0.3) is 5.91 Å². The molecular formula is C18H24N4O5. The van der Waals surface area contributed by atoms with Gasteiger partial charge < -0.3 is 15.4 Å². The first-order chi connectivity index (χ1) is 12.7. The zero-order valence-electron chi connectivity index (χ0n) is 15.8. The molecule has 1 aromatic carbocycles. The Morgan fingerprint density at radius 1 is 1.26 bits per heavy atom. The molecule has 1 fully saturated rings. The van der Waals surface area contributed by atoms with Crippen LogP contribution in [0.2, 0.25) is 0 Å². The number of imide groups is 2. The minimum atomic E-state index is -1.22. The standard InChI is InChI=1S/C18H24N4O5/c1-11(2)19-16(25)20-14(23)10-22-15(24)18(3,21-17(22)26)9-12-7-5-6-8-13(12)27-4/h5-8,11H,9-10H2,1-4H3,(H,21,26)(H2,19,20,23,25)/t18-/m0/s1. The molecule has 9 heteroatoms. The van der Waals surface area contributed by atoms with E-state index in [-0.39, 0.29) is 12.5 Å². The van der Waals surface area contributed by atoms with Gasteiger partial charge in [0.05, 0.1) is 7.11 Å². The first-order valence-corrected chi connectivity index (χ1v) is 8.52. The summed E-state index contributed by atoms with van der Waals surface area (Å²) in [5, 5.41) is 7.21. The number of ether oxygens (including phenoxy) is 1. The fraction of sp³-hybridized carbons (Fsp3) is 0.444. The Morgan fingerprint density at radius 2 is 1.93 bits per heavy atom. The van der Waals surface area contributed by atoms with E-state index in [0.29, 0.717) is 5.75 Å². The van der Waals surface area contributed by atoms with E-state index in [9.17, 15) is 19.2 Å². The van der Waals surface area contributed by atoms with Crippen LogP contribution in [0.3, 0.4) is 0 Å². The summed E-state index contributed by atoms with van der Waals surface area (Å²) in [5.41, 5.74) is -0.467. The maximum absolute atomic E-state index is 12.8. The van der Waals surface area contributed by atoms with Crippen LogP contribution in [-0.4, -0.2) is 54.0 Å². The number of methoxy groups -OCH3 is 1. The van der Waals surface area contributed by atoms with Gasteiger partial charge in [-0.1, -0.05) is 18.2 Å². The molecule has 0 bridgehead atoms. The molecule has 1 aliphatic rings. The maximum atomic E-state index is 12.8. The van der Waals surface area contributed by atoms with E-state index in [1.165, 1.54) is 7.11 Å². The predicted octanol–water partition coefficient (Wildman–Crippen LogP) is 0.782. The summed E-state index contributed by atoms with van der Waals surface area (Å²) in [6.07, 6.45) is 0.202. The number of urea groups is 2. The van der Waals surface area contributed by atoms with Crippen LogP contribution in [0, 0.1) is 0 Å². The van der Waals surface area contributed by atoms with Crippen LogP contribution in [0.1, 0.15) is 26.3 Å². The summed E-state index contributed by atoms with van der Waals surface area (Å²) >= 11 is 0. The molecule has 1 aromatic rings. The molecule has 9 nitrogen and oxygen atoms in total. The number of hydrogen-bond donors (Lipinski definition) is 3. The van der Waals surface area contributed by atoms with Crippen LogP contribution in [0.15, 0.2) is 24.3 Å². The Balaban J connectivity index is 2.07. The number of nitrogens with zero attached hydrogens (tertiary/aromatic N) is 1. The smallest absolute Gasteiger partial charge is 0.325 e. The molecule has 0 saturated carbocycles. The number of para-hydroxylation sites is 1. The largest absolute Gasteiger partial charge is 0.496 e. The van der Waals surface area contributed by atoms with Crippen LogP contribution in [0.5, 0.6) is 5.75 Å². The van der Waals surface area contributed by atoms with Gasteiger partial charge in [0, 0.05) is 12.5 Å². The molecular weight excluding hydrogens is 352 g/mol. The molecule has 0 radical (unpaired) electrons. The van der Waals surface area contributed by atoms with E-state index in [1.54, 1.807) is 45.0 Å². The minimum Gasteiger partial charge on any atom is -0.496 e. The first kappa shape index (κ1) is 20.2. The van der Waals surface area contributed by atoms with Crippen molar-refractivity contribution in [3.8, 4) is 5.75 Å². The van der Waals surface area contributed by atoms with Crippen molar-refractivity contribution in [3.63, 3.8) is 0 Å². The lowest BCUT2D eigenvalue weighted by Gasteiger charge is -2.22. The quantitative estimate of drug-likeness (QED) is 0.635. The summed E-state index contributed by atoms with van der Waals surface area (Å²) in [4.78, 5) is 49.4. The van der Waals surface area contributed by atoms with Crippen molar-refractivity contribution in [2.24, 2.45) is 0 Å². The van der Waals surface area contributed by atoms with Gasteiger partial charge >= 0.3 is 12.1 Å². The van der Waals surface area contributed by atoms with E-state index < -0.39 is 36.0 Å². The molecule has 1 heterocycles. The molecule has 2 rings (SSSR count). The van der Waals surface area contributed by atoms with Crippen molar-refractivity contribution < 1.29 is 23.9 Å². The van der Waals surface area contributed by atoms with Crippen molar-refractivity contribution in [2.75, 3.05) is 13.7 Å². The highest BCUT2D eigenvalue weighted by Crippen LogP contribution is 2.27. The number of carbonyl (C=O) groups excluding carboxylic acids is 4. The summed E-state index contributed by atoms with van der Waals surface area (Å²) in [6, 6.07) is 5.65. The van der Waals surface area contributed by atoms with Crippen molar-refractivity contribution in [2.45, 2.75) is 38.8 Å². The highest BCUT2D eigenvalue weighted by Gasteiger charge is 2.48. The molecule has 1 atom stereocenters. The van der Waals surface area contributed by atoms with E-state index in [0.717, 1.165) is 10.5 Å². The Hall–Kier alpha value is -3.10. The summed E-state index contributed by atoms with van der Waals surface area (Å²) in [6.45, 7) is 4.52. The van der Waals surface area contributed by atoms with Gasteiger partial charge in [-0.15, -0.1) is 0 Å². The average molecular weight is 376 g/mol. The minimum absolute atomic E-state index is 0.154. The molecule has 6 amide bonds. The van der Waals surface area contributed by atoms with Gasteiger partial charge in [-0.05, 0) is 32.4 Å². The highest BCUT2D eigenvalue weighted by molar-refractivity contribution is 6.09. The molecule has 0 aliphatic carbocycles. The molecule has 3 N–H and O–H groups in total. The van der Waals surface area contributed by atoms with Crippen LogP contribution < -0.4 is 20.7 Å². The lowest BCUT2D eigenvalue weighted by atomic mass is 9.92. The fourth-order valence-electron chi connectivity index (χ4n) is 2.85. The van der Waals surface area contributed by atoms with Crippen LogP contribution in [0.4, 0.5) is 9.59 Å². The van der Waals surface area contributed by atoms with E-state index >= 15 is 0 Å². The van der Waals surface area contributed by atoms with Gasteiger partial charge in [0.1, 0.15) is 17.8 Å². The third-order valence-corrected chi connectivity index (χ3v) is 4.06. The fourth-order valence-corrected chi connectivity index (χ4v) is 2.85. The van der Waals surface area contributed by atoms with Crippen molar-refractivity contribution >= 4 is 23.9 Å². The van der Waals surface area contributed by atoms with Crippen LogP contribution >= 0.6 is 0 Å². The van der Waals surface area contributed by atoms with E-state index in [2.05, 4.69) is 16.0 Å². The first-order valence-electron chi connectivity index (χ1n) is 8.52. The number of benzene rings is 1. The zero-order valence-corrected chi connectivity index (χ0v) is 15.8. The Bertz CT molecular complexity index is 764. The molecule has 0 unspecified atom stereocenters. The monoisotopic (exact) mass is 376 g/mol. The number of nitrogens with one attached hydrogen (secondary N) is 3. The van der Waals surface area contributed by atoms with Gasteiger partial charge in [-0.2, -0.15) is 0 Å². The van der Waals surface area contributed by atoms with Gasteiger partial charge in [0.2, 0.25) is 5.91 Å². The highest BCUT2D eigenvalue weighted by atomic mass is 16.5.